The largest absolute Gasteiger partial charge is 0.469 e. The van der Waals surface area contributed by atoms with Crippen LogP contribution in [0.4, 0.5) is 0 Å². The summed E-state index contributed by atoms with van der Waals surface area (Å²) in [6.07, 6.45) is 3.76. The minimum Gasteiger partial charge on any atom is -0.469 e. The molecule has 5 heterocycles. The number of ketones is 1. The summed E-state index contributed by atoms with van der Waals surface area (Å²) in [5.41, 5.74) is -4.18. The Kier molecular flexibility index (Phi) is 6.81. The second kappa shape index (κ2) is 9.86. The summed E-state index contributed by atoms with van der Waals surface area (Å²) in [6, 6.07) is 1.84. The third-order valence-electron chi connectivity index (χ3n) is 12.9. The zero-order valence-electron chi connectivity index (χ0n) is 26.4. The van der Waals surface area contributed by atoms with Crippen LogP contribution in [-0.4, -0.2) is 70.7 Å². The Bertz CT molecular complexity index is 1370. The zero-order valence-corrected chi connectivity index (χ0v) is 26.4. The maximum atomic E-state index is 14.4. The number of carbonyl (C=O) groups is 3. The van der Waals surface area contributed by atoms with E-state index in [-0.39, 0.29) is 43.2 Å². The van der Waals surface area contributed by atoms with Gasteiger partial charge in [-0.05, 0) is 51.0 Å². The molecule has 10 heteroatoms. The fourth-order valence-electron chi connectivity index (χ4n) is 11.0. The van der Waals surface area contributed by atoms with Gasteiger partial charge >= 0.3 is 11.9 Å². The number of furan rings is 1. The molecule has 4 saturated heterocycles. The molecule has 2 spiro atoms. The first-order valence-electron chi connectivity index (χ1n) is 16.4. The van der Waals surface area contributed by atoms with Crippen LogP contribution in [0.5, 0.6) is 0 Å². The van der Waals surface area contributed by atoms with Crippen LogP contribution in [0, 0.1) is 34.0 Å². The Hall–Kier alpha value is -2.27. The molecule has 7 rings (SSSR count). The average molecular weight is 615 g/mol. The predicted molar refractivity (Wildman–Crippen MR) is 154 cm³/mol. The highest BCUT2D eigenvalue weighted by atomic mass is 16.7. The van der Waals surface area contributed by atoms with Crippen LogP contribution in [0.25, 0.3) is 0 Å². The summed E-state index contributed by atoms with van der Waals surface area (Å²) in [5, 5.41) is 22.3. The minimum absolute atomic E-state index is 0.0103. The number of aliphatic hydroxyl groups is 2. The van der Waals surface area contributed by atoms with Crippen molar-refractivity contribution in [3.63, 3.8) is 0 Å². The van der Waals surface area contributed by atoms with Gasteiger partial charge < -0.3 is 33.6 Å². The number of cyclic esters (lactones) is 2. The molecule has 6 fully saturated rings. The van der Waals surface area contributed by atoms with Gasteiger partial charge in [0.05, 0.1) is 30.3 Å². The highest BCUT2D eigenvalue weighted by Gasteiger charge is 2.90. The highest BCUT2D eigenvalue weighted by Crippen LogP contribution is 2.80. The van der Waals surface area contributed by atoms with Crippen molar-refractivity contribution in [1.82, 2.24) is 0 Å². The maximum absolute atomic E-state index is 14.4. The fraction of sp³-hybridized carbons (Fsp3) is 0.794. The van der Waals surface area contributed by atoms with Crippen LogP contribution in [0.2, 0.25) is 0 Å². The van der Waals surface area contributed by atoms with Gasteiger partial charge in [0.1, 0.15) is 30.2 Å². The Morgan fingerprint density at radius 1 is 1.07 bits per heavy atom. The van der Waals surface area contributed by atoms with Crippen LogP contribution in [0.3, 0.4) is 0 Å². The number of fused-ring (bicyclic) bond motifs is 1. The first-order chi connectivity index (χ1) is 20.8. The quantitative estimate of drug-likeness (QED) is 0.252. The third-order valence-corrected chi connectivity index (χ3v) is 12.9. The van der Waals surface area contributed by atoms with E-state index in [0.717, 1.165) is 31.2 Å². The fourth-order valence-corrected chi connectivity index (χ4v) is 11.0. The highest BCUT2D eigenvalue weighted by molar-refractivity contribution is 5.92. The molecule has 6 aliphatic rings. The molecule has 10 nitrogen and oxygen atoms in total. The van der Waals surface area contributed by atoms with E-state index in [1.54, 1.807) is 6.26 Å². The molecule has 44 heavy (non-hydrogen) atoms. The van der Waals surface area contributed by atoms with E-state index in [2.05, 4.69) is 6.92 Å². The zero-order chi connectivity index (χ0) is 31.4. The van der Waals surface area contributed by atoms with E-state index in [1.807, 2.05) is 33.8 Å². The molecule has 0 radical (unpaired) electrons. The number of carbonyl (C=O) groups excluding carboxylic acids is 3. The van der Waals surface area contributed by atoms with Gasteiger partial charge in [-0.15, -0.1) is 0 Å². The summed E-state index contributed by atoms with van der Waals surface area (Å²) < 4.78 is 30.9. The lowest BCUT2D eigenvalue weighted by Crippen LogP contribution is -2.76. The Labute approximate surface area is 258 Å². The van der Waals surface area contributed by atoms with Gasteiger partial charge in [0.15, 0.2) is 11.9 Å². The lowest BCUT2D eigenvalue weighted by molar-refractivity contribution is -0.252. The van der Waals surface area contributed by atoms with Crippen molar-refractivity contribution in [2.75, 3.05) is 13.2 Å². The van der Waals surface area contributed by atoms with Crippen molar-refractivity contribution in [3.05, 3.63) is 23.7 Å². The monoisotopic (exact) mass is 614 g/mol. The van der Waals surface area contributed by atoms with E-state index in [4.69, 9.17) is 23.4 Å². The van der Waals surface area contributed by atoms with Crippen LogP contribution in [-0.2, 0) is 39.8 Å². The molecule has 2 N–H and O–H groups in total. The number of aliphatic hydroxyl groups excluding tert-OH is 2. The molecule has 0 bridgehead atoms. The lowest BCUT2D eigenvalue weighted by atomic mass is 9.36. The van der Waals surface area contributed by atoms with Gasteiger partial charge in [-0.25, -0.2) is 4.79 Å². The SMILES string of the molecule is CCCCC[C@H](CO)Cc1occc1[C@H]1OC(=O)[C@H]2O[C@@]23[C@]2(C)[C@H](O)C(=O)[C@H]4C(C)(C)O[C@H]5CC(=O)OC[C@@]54[C@@H]2CC[C@]13C. The molecule has 2 aliphatic carbocycles. The molecular weight excluding hydrogens is 568 g/mol. The van der Waals surface area contributed by atoms with Crippen molar-refractivity contribution < 1.29 is 48.0 Å². The normalized spacial score (nSPS) is 45.7. The molecule has 1 aromatic heterocycles. The topological polar surface area (TPSA) is 145 Å². The molecule has 0 aromatic carbocycles. The summed E-state index contributed by atoms with van der Waals surface area (Å²) in [6.45, 7) is 9.85. The maximum Gasteiger partial charge on any atom is 0.339 e. The number of esters is 2. The summed E-state index contributed by atoms with van der Waals surface area (Å²) in [5.74, 6) is -1.54. The summed E-state index contributed by atoms with van der Waals surface area (Å²) in [7, 11) is 0. The van der Waals surface area contributed by atoms with Crippen molar-refractivity contribution in [2.24, 2.45) is 34.0 Å². The Morgan fingerprint density at radius 3 is 2.57 bits per heavy atom. The number of hydrogen-bond donors (Lipinski definition) is 2. The molecule has 242 valence electrons. The van der Waals surface area contributed by atoms with E-state index in [9.17, 15) is 24.6 Å². The van der Waals surface area contributed by atoms with Crippen molar-refractivity contribution in [2.45, 2.75) is 122 Å². The van der Waals surface area contributed by atoms with Gasteiger partial charge in [0.25, 0.3) is 0 Å². The standard InChI is InChI=1S/C34H46O10/c1-6-7-8-9-18(16-35)14-20-19(11-13-40-20)27-31(4)12-10-21-32(5,34(31)28(44-34)29(39)42-27)26(38)24(37)25-30(2,3)43-22-15-23(36)41-17-33(21,22)25/h11,13,18,21-22,25-28,35,38H,6-10,12,14-17H2,1-5H3/t18-,21+,22-,25-,26+,27+,28+,31+,32-,33+,34-/m0/s1. The number of epoxide rings is 1. The molecule has 2 saturated carbocycles. The minimum atomic E-state index is -1.42. The Balaban J connectivity index is 1.30. The smallest absolute Gasteiger partial charge is 0.339 e. The predicted octanol–water partition coefficient (Wildman–Crippen LogP) is 3.84. The van der Waals surface area contributed by atoms with Gasteiger partial charge in [-0.3, -0.25) is 9.59 Å². The van der Waals surface area contributed by atoms with E-state index in [1.165, 1.54) is 0 Å². The van der Waals surface area contributed by atoms with Crippen LogP contribution < -0.4 is 0 Å². The molecule has 0 amide bonds. The van der Waals surface area contributed by atoms with Gasteiger partial charge in [-0.1, -0.05) is 40.0 Å². The molecule has 0 unspecified atom stereocenters. The second-order valence-electron chi connectivity index (χ2n) is 15.3. The summed E-state index contributed by atoms with van der Waals surface area (Å²) >= 11 is 0. The van der Waals surface area contributed by atoms with E-state index in [0.29, 0.717) is 25.0 Å². The molecule has 1 aromatic rings. The number of Topliss-reactive ketones (excluding diaryl/α,β-unsaturated/α-hetero) is 1. The Morgan fingerprint density at radius 2 is 1.84 bits per heavy atom. The van der Waals surface area contributed by atoms with Crippen molar-refractivity contribution in [3.8, 4) is 0 Å². The summed E-state index contributed by atoms with van der Waals surface area (Å²) in [4.78, 5) is 40.6. The van der Waals surface area contributed by atoms with Crippen LogP contribution in [0.1, 0.15) is 97.0 Å². The number of ether oxygens (including phenoxy) is 4. The van der Waals surface area contributed by atoms with Crippen LogP contribution >= 0.6 is 0 Å². The van der Waals surface area contributed by atoms with E-state index >= 15 is 0 Å². The lowest BCUT2D eigenvalue weighted by Gasteiger charge is -2.66. The first-order valence-corrected chi connectivity index (χ1v) is 16.4. The van der Waals surface area contributed by atoms with Crippen LogP contribution in [0.15, 0.2) is 16.7 Å². The average Bonchev–Trinajstić information content (AvgIpc) is 3.53. The van der Waals surface area contributed by atoms with E-state index < -0.39 is 63.8 Å². The van der Waals surface area contributed by atoms with Crippen molar-refractivity contribution in [1.29, 1.82) is 0 Å². The second-order valence-corrected chi connectivity index (χ2v) is 15.3. The molecular formula is C34H46O10. The van der Waals surface area contributed by atoms with Gasteiger partial charge in [0.2, 0.25) is 0 Å². The van der Waals surface area contributed by atoms with Gasteiger partial charge in [0, 0.05) is 34.8 Å². The van der Waals surface area contributed by atoms with Crippen molar-refractivity contribution >= 4 is 17.7 Å². The number of hydrogen-bond acceptors (Lipinski definition) is 10. The molecule has 4 aliphatic heterocycles. The number of unbranched alkanes of at least 4 members (excludes halogenated alkanes) is 2. The van der Waals surface area contributed by atoms with Gasteiger partial charge in [-0.2, -0.15) is 0 Å². The first kappa shape index (κ1) is 30.4. The molecule has 11 atom stereocenters. The third kappa shape index (κ3) is 3.60. The number of rotatable bonds is 8.